The molecule has 20 heavy (non-hydrogen) atoms. The highest BCUT2D eigenvalue weighted by molar-refractivity contribution is 7.90. The Morgan fingerprint density at radius 2 is 2.20 bits per heavy atom. The van der Waals surface area contributed by atoms with Crippen LogP contribution in [-0.4, -0.2) is 47.5 Å². The van der Waals surface area contributed by atoms with Crippen molar-refractivity contribution in [2.45, 2.75) is 38.1 Å². The predicted molar refractivity (Wildman–Crippen MR) is 74.6 cm³/mol. The molecule has 0 aromatic carbocycles. The van der Waals surface area contributed by atoms with Crippen molar-refractivity contribution in [3.8, 4) is 0 Å². The fourth-order valence-corrected chi connectivity index (χ4v) is 4.54. The molecule has 0 spiro atoms. The summed E-state index contributed by atoms with van der Waals surface area (Å²) < 4.78 is 34.1. The number of fused-ring (bicyclic) bond motifs is 1. The maximum absolute atomic E-state index is 12.5. The van der Waals surface area contributed by atoms with E-state index in [1.807, 2.05) is 17.7 Å². The first kappa shape index (κ1) is 14.0. The summed E-state index contributed by atoms with van der Waals surface area (Å²) in [6, 6.07) is 1.90. The van der Waals surface area contributed by atoms with Crippen molar-refractivity contribution >= 4 is 10.0 Å². The largest absolute Gasteiger partial charge is 0.381 e. The molecule has 0 bridgehead atoms. The van der Waals surface area contributed by atoms with E-state index >= 15 is 0 Å². The third-order valence-electron chi connectivity index (χ3n) is 3.90. The summed E-state index contributed by atoms with van der Waals surface area (Å²) in [4.78, 5) is 0. The molecule has 6 nitrogen and oxygen atoms in total. The van der Waals surface area contributed by atoms with Gasteiger partial charge in [-0.2, -0.15) is 9.40 Å². The van der Waals surface area contributed by atoms with Gasteiger partial charge in [0.2, 0.25) is 10.0 Å². The number of sulfonamides is 1. The molecule has 1 aromatic heterocycles. The molecular weight excluding hydrogens is 278 g/mol. The van der Waals surface area contributed by atoms with Crippen molar-refractivity contribution < 1.29 is 13.2 Å². The van der Waals surface area contributed by atoms with E-state index < -0.39 is 10.0 Å². The highest BCUT2D eigenvalue weighted by Gasteiger charge is 2.41. The summed E-state index contributed by atoms with van der Waals surface area (Å²) in [5.41, 5.74) is 0.966. The van der Waals surface area contributed by atoms with Gasteiger partial charge < -0.3 is 4.74 Å². The maximum Gasteiger partial charge on any atom is 0.217 e. The number of aromatic nitrogens is 2. The zero-order valence-electron chi connectivity index (χ0n) is 11.7. The molecule has 7 heteroatoms. The summed E-state index contributed by atoms with van der Waals surface area (Å²) in [5, 5.41) is 4.13. The second kappa shape index (κ2) is 5.46. The maximum atomic E-state index is 12.5. The van der Waals surface area contributed by atoms with Crippen molar-refractivity contribution in [2.75, 3.05) is 19.8 Å². The number of rotatable bonds is 5. The SMILES string of the molecule is CCOC[C@@H]1CN(S(=O)(=O)C2CC2)Cc2ccnn2C1. The molecule has 0 amide bonds. The molecule has 1 aliphatic heterocycles. The number of hydrogen-bond acceptors (Lipinski definition) is 4. The minimum absolute atomic E-state index is 0.157. The summed E-state index contributed by atoms with van der Waals surface area (Å²) in [5.74, 6) is 0.157. The molecule has 3 rings (SSSR count). The quantitative estimate of drug-likeness (QED) is 0.808. The fourth-order valence-electron chi connectivity index (χ4n) is 2.65. The van der Waals surface area contributed by atoms with Gasteiger partial charge >= 0.3 is 0 Å². The van der Waals surface area contributed by atoms with E-state index in [-0.39, 0.29) is 11.2 Å². The van der Waals surface area contributed by atoms with Crippen molar-refractivity contribution in [1.29, 1.82) is 0 Å². The third kappa shape index (κ3) is 2.75. The second-order valence-corrected chi connectivity index (χ2v) is 7.78. The topological polar surface area (TPSA) is 64.4 Å². The summed E-state index contributed by atoms with van der Waals surface area (Å²) in [6.45, 7) is 4.86. The van der Waals surface area contributed by atoms with Gasteiger partial charge in [-0.1, -0.05) is 0 Å². The van der Waals surface area contributed by atoms with Gasteiger partial charge in [-0.3, -0.25) is 4.68 Å². The lowest BCUT2D eigenvalue weighted by Crippen LogP contribution is -2.37. The highest BCUT2D eigenvalue weighted by Crippen LogP contribution is 2.33. The molecule has 1 fully saturated rings. The minimum atomic E-state index is -3.15. The van der Waals surface area contributed by atoms with Crippen LogP contribution in [0.2, 0.25) is 0 Å². The first-order chi connectivity index (χ1) is 9.61. The van der Waals surface area contributed by atoms with Gasteiger partial charge in [0.05, 0.1) is 24.1 Å². The molecule has 2 aliphatic rings. The van der Waals surface area contributed by atoms with Gasteiger partial charge in [0.1, 0.15) is 0 Å². The van der Waals surface area contributed by atoms with E-state index in [9.17, 15) is 8.42 Å². The van der Waals surface area contributed by atoms with Crippen LogP contribution >= 0.6 is 0 Å². The van der Waals surface area contributed by atoms with E-state index in [2.05, 4.69) is 5.10 Å². The molecule has 0 N–H and O–H groups in total. The minimum Gasteiger partial charge on any atom is -0.381 e. The lowest BCUT2D eigenvalue weighted by Gasteiger charge is -2.23. The summed E-state index contributed by atoms with van der Waals surface area (Å²) >= 11 is 0. The van der Waals surface area contributed by atoms with Crippen LogP contribution in [0.25, 0.3) is 0 Å². The third-order valence-corrected chi connectivity index (χ3v) is 6.21. The van der Waals surface area contributed by atoms with Gasteiger partial charge in [0.25, 0.3) is 0 Å². The van der Waals surface area contributed by atoms with E-state index in [0.29, 0.717) is 26.3 Å². The molecule has 0 radical (unpaired) electrons. The molecule has 2 heterocycles. The Morgan fingerprint density at radius 3 is 2.90 bits per heavy atom. The van der Waals surface area contributed by atoms with Crippen LogP contribution < -0.4 is 0 Å². The fraction of sp³-hybridized carbons (Fsp3) is 0.769. The van der Waals surface area contributed by atoms with Crippen LogP contribution in [0.15, 0.2) is 12.3 Å². The van der Waals surface area contributed by atoms with E-state index in [1.165, 1.54) is 0 Å². The van der Waals surface area contributed by atoms with E-state index in [1.54, 1.807) is 10.5 Å². The van der Waals surface area contributed by atoms with Crippen molar-refractivity contribution in [3.63, 3.8) is 0 Å². The van der Waals surface area contributed by atoms with Crippen LogP contribution in [-0.2, 0) is 27.8 Å². The van der Waals surface area contributed by atoms with Crippen LogP contribution in [0.1, 0.15) is 25.5 Å². The first-order valence-corrected chi connectivity index (χ1v) is 8.69. The van der Waals surface area contributed by atoms with Gasteiger partial charge in [-0.15, -0.1) is 0 Å². The lowest BCUT2D eigenvalue weighted by molar-refractivity contribution is 0.0966. The lowest BCUT2D eigenvalue weighted by atomic mass is 10.1. The molecule has 1 saturated carbocycles. The Hall–Kier alpha value is -0.920. The van der Waals surface area contributed by atoms with Gasteiger partial charge in [0.15, 0.2) is 0 Å². The van der Waals surface area contributed by atoms with Crippen LogP contribution in [0.4, 0.5) is 0 Å². The molecule has 1 aliphatic carbocycles. The van der Waals surface area contributed by atoms with Crippen LogP contribution in [0, 0.1) is 5.92 Å². The van der Waals surface area contributed by atoms with Crippen LogP contribution in [0.5, 0.6) is 0 Å². The molecule has 1 aromatic rings. The van der Waals surface area contributed by atoms with E-state index in [4.69, 9.17) is 4.74 Å². The highest BCUT2D eigenvalue weighted by atomic mass is 32.2. The average Bonchev–Trinajstić information content (AvgIpc) is 3.21. The molecular formula is C13H21N3O3S. The number of hydrogen-bond donors (Lipinski definition) is 0. The Balaban J connectivity index is 1.83. The molecule has 0 unspecified atom stereocenters. The molecule has 0 saturated heterocycles. The Labute approximate surface area is 119 Å². The van der Waals surface area contributed by atoms with Gasteiger partial charge in [0, 0.05) is 31.8 Å². The Bertz CT molecular complexity index is 565. The van der Waals surface area contributed by atoms with Gasteiger partial charge in [-0.25, -0.2) is 8.42 Å². The van der Waals surface area contributed by atoms with Crippen molar-refractivity contribution in [3.05, 3.63) is 18.0 Å². The van der Waals surface area contributed by atoms with Crippen LogP contribution in [0.3, 0.4) is 0 Å². The second-order valence-electron chi connectivity index (χ2n) is 5.57. The normalized spacial score (nSPS) is 24.4. The molecule has 112 valence electrons. The summed E-state index contributed by atoms with van der Waals surface area (Å²) in [6.07, 6.45) is 3.34. The zero-order chi connectivity index (χ0) is 14.2. The zero-order valence-corrected chi connectivity index (χ0v) is 12.6. The van der Waals surface area contributed by atoms with Gasteiger partial charge in [-0.05, 0) is 25.8 Å². The average molecular weight is 299 g/mol. The van der Waals surface area contributed by atoms with Crippen molar-refractivity contribution in [1.82, 2.24) is 14.1 Å². The summed E-state index contributed by atoms with van der Waals surface area (Å²) in [7, 11) is -3.15. The number of ether oxygens (including phenoxy) is 1. The predicted octanol–water partition coefficient (Wildman–Crippen LogP) is 0.844. The standard InChI is InChI=1S/C13H21N3O3S/c1-2-19-10-11-7-15(20(17,18)13-3-4-13)9-12-5-6-14-16(12)8-11/h5-6,11,13H,2-4,7-10H2,1H3/t11-/m1/s1. The number of nitrogens with zero attached hydrogens (tertiary/aromatic N) is 3. The smallest absolute Gasteiger partial charge is 0.217 e. The van der Waals surface area contributed by atoms with Crippen molar-refractivity contribution in [2.24, 2.45) is 5.92 Å². The van der Waals surface area contributed by atoms with E-state index in [0.717, 1.165) is 25.1 Å². The monoisotopic (exact) mass is 299 g/mol. The Morgan fingerprint density at radius 1 is 1.40 bits per heavy atom. The molecule has 1 atom stereocenters. The Kier molecular flexibility index (Phi) is 3.83. The first-order valence-electron chi connectivity index (χ1n) is 7.18.